The molecule has 2 aliphatic rings. The third-order valence-corrected chi connectivity index (χ3v) is 6.29. The molecule has 1 amide bonds. The molecule has 0 radical (unpaired) electrons. The summed E-state index contributed by atoms with van der Waals surface area (Å²) in [6.45, 7) is 4.69. The molecule has 1 saturated heterocycles. The highest BCUT2D eigenvalue weighted by molar-refractivity contribution is 7.10. The van der Waals surface area contributed by atoms with E-state index in [9.17, 15) is 4.79 Å². The van der Waals surface area contributed by atoms with Gasteiger partial charge in [-0.1, -0.05) is 0 Å². The number of aromatic amines is 1. The fourth-order valence-corrected chi connectivity index (χ4v) is 4.77. The van der Waals surface area contributed by atoms with E-state index in [2.05, 4.69) is 32.6 Å². The number of H-pyrrole nitrogens is 1. The number of aromatic nitrogens is 2. The summed E-state index contributed by atoms with van der Waals surface area (Å²) in [4.78, 5) is 18.5. The van der Waals surface area contributed by atoms with E-state index in [4.69, 9.17) is 0 Å². The number of thiophene rings is 1. The van der Waals surface area contributed by atoms with Crippen molar-refractivity contribution in [3.05, 3.63) is 39.8 Å². The van der Waals surface area contributed by atoms with Gasteiger partial charge < -0.3 is 9.80 Å². The van der Waals surface area contributed by atoms with E-state index in [0.717, 1.165) is 39.1 Å². The van der Waals surface area contributed by atoms with Crippen molar-refractivity contribution in [2.75, 3.05) is 26.2 Å². The zero-order chi connectivity index (χ0) is 16.4. The van der Waals surface area contributed by atoms with Crippen molar-refractivity contribution in [3.8, 4) is 0 Å². The Hall–Kier alpha value is -1.66. The summed E-state index contributed by atoms with van der Waals surface area (Å²) >= 11 is 1.82. The summed E-state index contributed by atoms with van der Waals surface area (Å²) in [5, 5.41) is 9.31. The molecule has 4 rings (SSSR count). The lowest BCUT2D eigenvalue weighted by atomic mass is 9.95. The van der Waals surface area contributed by atoms with E-state index in [1.165, 1.54) is 29.0 Å². The lowest BCUT2D eigenvalue weighted by Gasteiger charge is -2.33. The van der Waals surface area contributed by atoms with Gasteiger partial charge in [-0.05, 0) is 48.9 Å². The van der Waals surface area contributed by atoms with Crippen LogP contribution in [0.3, 0.4) is 0 Å². The average Bonchev–Trinajstić information content (AvgIpc) is 3.30. The maximum atomic E-state index is 12.6. The number of carbonyl (C=O) groups excluding carboxylic acids is 1. The summed E-state index contributed by atoms with van der Waals surface area (Å²) in [5.41, 5.74) is 2.57. The molecule has 0 spiro atoms. The van der Waals surface area contributed by atoms with Crippen LogP contribution in [0.25, 0.3) is 0 Å². The first-order valence-electron chi connectivity index (χ1n) is 8.84. The van der Waals surface area contributed by atoms with E-state index in [0.29, 0.717) is 18.2 Å². The number of nitrogens with one attached hydrogen (secondary N) is 1. The average molecular weight is 344 g/mol. The molecule has 0 aromatic carbocycles. The third-order valence-electron chi connectivity index (χ3n) is 5.27. The number of piperidine rings is 1. The van der Waals surface area contributed by atoms with Gasteiger partial charge in [-0.15, -0.1) is 11.3 Å². The van der Waals surface area contributed by atoms with E-state index in [1.807, 2.05) is 22.4 Å². The van der Waals surface area contributed by atoms with Gasteiger partial charge in [-0.25, -0.2) is 0 Å². The first-order chi connectivity index (χ1) is 11.8. The van der Waals surface area contributed by atoms with Crippen LogP contribution >= 0.6 is 11.3 Å². The third kappa shape index (κ3) is 3.39. The van der Waals surface area contributed by atoms with Gasteiger partial charge in [0.25, 0.3) is 0 Å². The molecule has 2 aliphatic heterocycles. The lowest BCUT2D eigenvalue weighted by molar-refractivity contribution is -0.132. The van der Waals surface area contributed by atoms with Crippen LogP contribution in [0.4, 0.5) is 0 Å². The minimum absolute atomic E-state index is 0.301. The van der Waals surface area contributed by atoms with Crippen LogP contribution in [0, 0.1) is 0 Å². The quantitative estimate of drug-likeness (QED) is 0.928. The molecule has 24 heavy (non-hydrogen) atoms. The maximum absolute atomic E-state index is 12.6. The summed E-state index contributed by atoms with van der Waals surface area (Å²) in [7, 11) is 0. The molecule has 2 aromatic heterocycles. The fourth-order valence-electron chi connectivity index (χ4n) is 3.88. The number of nitrogens with zero attached hydrogens (tertiary/aromatic N) is 3. The molecular formula is C18H24N4OS. The van der Waals surface area contributed by atoms with Gasteiger partial charge >= 0.3 is 0 Å². The maximum Gasteiger partial charge on any atom is 0.224 e. The predicted octanol–water partition coefficient (Wildman–Crippen LogP) is 2.63. The summed E-state index contributed by atoms with van der Waals surface area (Å²) in [5.74, 6) is 0.829. The molecule has 4 heterocycles. The second-order valence-corrected chi connectivity index (χ2v) is 7.84. The predicted molar refractivity (Wildman–Crippen MR) is 95.1 cm³/mol. The molecular weight excluding hydrogens is 320 g/mol. The van der Waals surface area contributed by atoms with Gasteiger partial charge in [0.05, 0.1) is 0 Å². The fraction of sp³-hybridized carbons (Fsp3) is 0.556. The van der Waals surface area contributed by atoms with Gasteiger partial charge in [0.2, 0.25) is 5.91 Å². The Morgan fingerprint density at radius 2 is 2.33 bits per heavy atom. The number of hydrogen-bond acceptors (Lipinski definition) is 4. The number of hydrogen-bond donors (Lipinski definition) is 1. The highest BCUT2D eigenvalue weighted by Crippen LogP contribution is 2.26. The largest absolute Gasteiger partial charge is 0.338 e. The van der Waals surface area contributed by atoms with E-state index in [-0.39, 0.29) is 0 Å². The van der Waals surface area contributed by atoms with Crippen LogP contribution in [0.5, 0.6) is 0 Å². The molecule has 128 valence electrons. The van der Waals surface area contributed by atoms with Gasteiger partial charge in [0, 0.05) is 55.3 Å². The summed E-state index contributed by atoms with van der Waals surface area (Å²) < 4.78 is 0. The number of carbonyl (C=O) groups is 1. The van der Waals surface area contributed by atoms with Crippen molar-refractivity contribution >= 4 is 17.2 Å². The van der Waals surface area contributed by atoms with Crippen molar-refractivity contribution in [2.45, 2.75) is 38.1 Å². The van der Waals surface area contributed by atoms with Crippen molar-refractivity contribution < 1.29 is 4.79 Å². The lowest BCUT2D eigenvalue weighted by Crippen LogP contribution is -2.40. The molecule has 1 fully saturated rings. The van der Waals surface area contributed by atoms with Gasteiger partial charge in [0.1, 0.15) is 0 Å². The van der Waals surface area contributed by atoms with Gasteiger partial charge in [0.15, 0.2) is 0 Å². The molecule has 0 aliphatic carbocycles. The molecule has 5 nitrogen and oxygen atoms in total. The number of amides is 1. The number of fused-ring (bicyclic) bond motifs is 1. The summed E-state index contributed by atoms with van der Waals surface area (Å²) in [6.07, 6.45) is 5.88. The molecule has 0 saturated carbocycles. The number of likely N-dealkylation sites (tertiary alicyclic amines) is 1. The molecule has 1 atom stereocenters. The van der Waals surface area contributed by atoms with E-state index < -0.39 is 0 Å². The minimum Gasteiger partial charge on any atom is -0.338 e. The molecule has 2 aromatic rings. The second kappa shape index (κ2) is 7.07. The zero-order valence-corrected chi connectivity index (χ0v) is 14.7. The Morgan fingerprint density at radius 1 is 1.38 bits per heavy atom. The number of rotatable bonds is 4. The second-order valence-electron chi connectivity index (χ2n) is 6.84. The molecule has 0 unspecified atom stereocenters. The monoisotopic (exact) mass is 344 g/mol. The van der Waals surface area contributed by atoms with Crippen LogP contribution < -0.4 is 0 Å². The first-order valence-corrected chi connectivity index (χ1v) is 9.72. The Bertz CT molecular complexity index is 681. The van der Waals surface area contributed by atoms with Crippen LogP contribution in [-0.2, 0) is 17.8 Å². The van der Waals surface area contributed by atoms with Gasteiger partial charge in [-0.3, -0.25) is 9.89 Å². The van der Waals surface area contributed by atoms with Crippen molar-refractivity contribution in [3.63, 3.8) is 0 Å². The highest BCUT2D eigenvalue weighted by Gasteiger charge is 2.25. The molecule has 6 heteroatoms. The smallest absolute Gasteiger partial charge is 0.224 e. The van der Waals surface area contributed by atoms with Gasteiger partial charge in [-0.2, -0.15) is 5.10 Å². The Morgan fingerprint density at radius 3 is 3.21 bits per heavy atom. The topological polar surface area (TPSA) is 52.2 Å². The van der Waals surface area contributed by atoms with Crippen LogP contribution in [0.1, 0.15) is 41.3 Å². The Kier molecular flexibility index (Phi) is 4.67. The van der Waals surface area contributed by atoms with Crippen molar-refractivity contribution in [2.24, 2.45) is 0 Å². The van der Waals surface area contributed by atoms with Crippen molar-refractivity contribution in [1.29, 1.82) is 0 Å². The minimum atomic E-state index is 0.301. The normalized spacial score (nSPS) is 21.7. The summed E-state index contributed by atoms with van der Waals surface area (Å²) in [6, 6.07) is 4.24. The zero-order valence-electron chi connectivity index (χ0n) is 13.9. The highest BCUT2D eigenvalue weighted by atomic mass is 32.1. The standard InChI is InChI=1S/C18H24N4OS/c23-18(22-10-4-17-15(13-22)6-11-24-17)5-9-21-8-1-2-14(12-21)16-3-7-19-20-16/h3,6-7,11,14H,1-2,4-5,8-10,12-13H2,(H,19,20)/t14-/m0/s1. The first kappa shape index (κ1) is 15.8. The van der Waals surface area contributed by atoms with E-state index >= 15 is 0 Å². The Balaban J connectivity index is 1.28. The Labute approximate surface area is 146 Å². The van der Waals surface area contributed by atoms with Crippen molar-refractivity contribution in [1.82, 2.24) is 20.0 Å². The molecule has 0 bridgehead atoms. The van der Waals surface area contributed by atoms with Crippen LogP contribution in [0.15, 0.2) is 23.7 Å². The van der Waals surface area contributed by atoms with Crippen LogP contribution in [0.2, 0.25) is 0 Å². The SMILES string of the molecule is O=C(CCN1CCC[C@H](c2ccn[nH]2)C1)N1CCc2sccc2C1. The molecule has 1 N–H and O–H groups in total. The van der Waals surface area contributed by atoms with E-state index in [1.54, 1.807) is 0 Å². The van der Waals surface area contributed by atoms with Crippen LogP contribution in [-0.4, -0.2) is 52.1 Å².